The normalized spacial score (nSPS) is 11.8. The third kappa shape index (κ3) is 6.40. The van der Waals surface area contributed by atoms with Crippen LogP contribution in [0.25, 0.3) is 0 Å². The first kappa shape index (κ1) is 19.3. The highest BCUT2D eigenvalue weighted by atomic mass is 35.5. The van der Waals surface area contributed by atoms with Crippen LogP contribution in [0.1, 0.15) is 23.1 Å². The van der Waals surface area contributed by atoms with Crippen LogP contribution in [0, 0.1) is 6.92 Å². The van der Waals surface area contributed by atoms with E-state index in [9.17, 15) is 9.59 Å². The number of aryl methyl sites for hydroxylation is 1. The Balaban J connectivity index is 2.02. The van der Waals surface area contributed by atoms with Crippen molar-refractivity contribution < 1.29 is 14.7 Å². The molecule has 0 spiro atoms. The standard InChI is InChI=1S/C19H19Cl2NO3/c1-12-2-4-13(5-3-12)8-15(11-19(24)25)22-18(23)10-14-6-7-16(20)17(21)9-14/h2-7,9,15H,8,10-11H2,1H3,(H,22,23)(H,24,25). The highest BCUT2D eigenvalue weighted by Crippen LogP contribution is 2.22. The van der Waals surface area contributed by atoms with E-state index in [1.807, 2.05) is 31.2 Å². The molecule has 25 heavy (non-hydrogen) atoms. The molecule has 2 aromatic rings. The van der Waals surface area contributed by atoms with Crippen LogP contribution in [-0.2, 0) is 22.4 Å². The highest BCUT2D eigenvalue weighted by molar-refractivity contribution is 6.42. The van der Waals surface area contributed by atoms with Crippen LogP contribution in [0.4, 0.5) is 0 Å². The summed E-state index contributed by atoms with van der Waals surface area (Å²) in [6.07, 6.45) is 0.432. The maximum Gasteiger partial charge on any atom is 0.305 e. The topological polar surface area (TPSA) is 66.4 Å². The van der Waals surface area contributed by atoms with E-state index < -0.39 is 12.0 Å². The zero-order valence-electron chi connectivity index (χ0n) is 13.8. The Labute approximate surface area is 156 Å². The predicted octanol–water partition coefficient (Wildman–Crippen LogP) is 4.05. The van der Waals surface area contributed by atoms with Crippen LogP contribution in [0.5, 0.6) is 0 Å². The number of halogens is 2. The van der Waals surface area contributed by atoms with Crippen LogP contribution >= 0.6 is 23.2 Å². The summed E-state index contributed by atoms with van der Waals surface area (Å²) in [5, 5.41) is 12.7. The van der Waals surface area contributed by atoms with Gasteiger partial charge in [-0.25, -0.2) is 0 Å². The van der Waals surface area contributed by atoms with Gasteiger partial charge in [0.05, 0.1) is 22.9 Å². The molecule has 0 aromatic heterocycles. The second-order valence-electron chi connectivity index (χ2n) is 5.98. The quantitative estimate of drug-likeness (QED) is 0.762. The van der Waals surface area contributed by atoms with Gasteiger partial charge in [0.15, 0.2) is 0 Å². The number of nitrogens with one attached hydrogen (secondary N) is 1. The van der Waals surface area contributed by atoms with Gasteiger partial charge >= 0.3 is 5.97 Å². The molecule has 1 unspecified atom stereocenters. The van der Waals surface area contributed by atoms with Gasteiger partial charge in [-0.05, 0) is 36.6 Å². The zero-order chi connectivity index (χ0) is 18.4. The average Bonchev–Trinajstić information content (AvgIpc) is 2.52. The minimum absolute atomic E-state index is 0.112. The second-order valence-corrected chi connectivity index (χ2v) is 6.79. The van der Waals surface area contributed by atoms with Gasteiger partial charge in [0.2, 0.25) is 5.91 Å². The van der Waals surface area contributed by atoms with Gasteiger partial charge in [0, 0.05) is 6.04 Å². The number of carbonyl (C=O) groups is 2. The molecular formula is C19H19Cl2NO3. The molecule has 2 rings (SSSR count). The zero-order valence-corrected chi connectivity index (χ0v) is 15.3. The largest absolute Gasteiger partial charge is 0.481 e. The van der Waals surface area contributed by atoms with Crippen LogP contribution in [-0.4, -0.2) is 23.0 Å². The summed E-state index contributed by atoms with van der Waals surface area (Å²) in [5.41, 5.74) is 2.82. The van der Waals surface area contributed by atoms with Crippen molar-refractivity contribution in [3.8, 4) is 0 Å². The molecule has 0 radical (unpaired) electrons. The lowest BCUT2D eigenvalue weighted by molar-refractivity contribution is -0.137. The van der Waals surface area contributed by atoms with E-state index in [4.69, 9.17) is 28.3 Å². The molecule has 0 aliphatic rings. The van der Waals surface area contributed by atoms with E-state index in [0.717, 1.165) is 16.7 Å². The monoisotopic (exact) mass is 379 g/mol. The summed E-state index contributed by atoms with van der Waals surface area (Å²) in [7, 11) is 0. The fourth-order valence-electron chi connectivity index (χ4n) is 2.51. The van der Waals surface area contributed by atoms with E-state index in [-0.39, 0.29) is 18.7 Å². The Morgan fingerprint density at radius 3 is 2.28 bits per heavy atom. The first-order valence-electron chi connectivity index (χ1n) is 7.84. The minimum atomic E-state index is -0.952. The van der Waals surface area contributed by atoms with Gasteiger partial charge in [-0.15, -0.1) is 0 Å². The summed E-state index contributed by atoms with van der Waals surface area (Å²) < 4.78 is 0. The van der Waals surface area contributed by atoms with E-state index in [1.54, 1.807) is 18.2 Å². The Morgan fingerprint density at radius 2 is 1.68 bits per heavy atom. The number of rotatable bonds is 7. The highest BCUT2D eigenvalue weighted by Gasteiger charge is 2.17. The number of amides is 1. The lowest BCUT2D eigenvalue weighted by atomic mass is 10.0. The molecule has 0 saturated carbocycles. The lowest BCUT2D eigenvalue weighted by Gasteiger charge is -2.17. The number of aliphatic carboxylic acids is 1. The summed E-state index contributed by atoms with van der Waals surface area (Å²) in [4.78, 5) is 23.4. The third-order valence-electron chi connectivity index (χ3n) is 3.74. The van der Waals surface area contributed by atoms with Crippen molar-refractivity contribution in [3.63, 3.8) is 0 Å². The second kappa shape index (κ2) is 8.88. The predicted molar refractivity (Wildman–Crippen MR) is 99.2 cm³/mol. The summed E-state index contributed by atoms with van der Waals surface area (Å²) in [6.45, 7) is 1.98. The first-order chi connectivity index (χ1) is 11.8. The van der Waals surface area contributed by atoms with Gasteiger partial charge in [0.1, 0.15) is 0 Å². The van der Waals surface area contributed by atoms with Crippen LogP contribution in [0.3, 0.4) is 0 Å². The molecule has 2 N–H and O–H groups in total. The van der Waals surface area contributed by atoms with Gasteiger partial charge in [0.25, 0.3) is 0 Å². The molecule has 4 nitrogen and oxygen atoms in total. The molecular weight excluding hydrogens is 361 g/mol. The number of hydrogen-bond donors (Lipinski definition) is 2. The smallest absolute Gasteiger partial charge is 0.305 e. The summed E-state index contributed by atoms with van der Waals surface area (Å²) in [5.74, 6) is -1.20. The molecule has 1 amide bonds. The maximum absolute atomic E-state index is 12.3. The van der Waals surface area contributed by atoms with Crippen molar-refractivity contribution in [3.05, 3.63) is 69.2 Å². The number of carboxylic acids is 1. The number of benzene rings is 2. The molecule has 0 heterocycles. The van der Waals surface area contributed by atoms with Crippen molar-refractivity contribution in [2.45, 2.75) is 32.2 Å². The summed E-state index contributed by atoms with van der Waals surface area (Å²) >= 11 is 11.8. The Morgan fingerprint density at radius 1 is 1.04 bits per heavy atom. The van der Waals surface area contributed by atoms with Crippen molar-refractivity contribution in [2.75, 3.05) is 0 Å². The molecule has 132 valence electrons. The first-order valence-corrected chi connectivity index (χ1v) is 8.59. The molecule has 0 fully saturated rings. The van der Waals surface area contributed by atoms with Crippen molar-refractivity contribution in [1.29, 1.82) is 0 Å². The molecule has 2 aromatic carbocycles. The van der Waals surface area contributed by atoms with E-state index in [1.165, 1.54) is 0 Å². The van der Waals surface area contributed by atoms with Gasteiger partial charge in [-0.1, -0.05) is 59.1 Å². The Kier molecular flexibility index (Phi) is 6.85. The number of carboxylic acid groups (broad SMARTS) is 1. The summed E-state index contributed by atoms with van der Waals surface area (Å²) in [6, 6.07) is 12.3. The molecule has 1 atom stereocenters. The molecule has 0 bridgehead atoms. The van der Waals surface area contributed by atoms with Crippen molar-refractivity contribution >= 4 is 35.1 Å². The van der Waals surface area contributed by atoms with Crippen LogP contribution in [0.2, 0.25) is 10.0 Å². The van der Waals surface area contributed by atoms with Crippen molar-refractivity contribution in [1.82, 2.24) is 5.32 Å². The van der Waals surface area contributed by atoms with Gasteiger partial charge in [-0.2, -0.15) is 0 Å². The third-order valence-corrected chi connectivity index (χ3v) is 4.48. The van der Waals surface area contributed by atoms with Crippen LogP contribution < -0.4 is 5.32 Å². The van der Waals surface area contributed by atoms with Gasteiger partial charge in [-0.3, -0.25) is 9.59 Å². The molecule has 0 aliphatic heterocycles. The van der Waals surface area contributed by atoms with Gasteiger partial charge < -0.3 is 10.4 Å². The fraction of sp³-hybridized carbons (Fsp3) is 0.263. The Bertz CT molecular complexity index is 760. The van der Waals surface area contributed by atoms with E-state index in [2.05, 4.69) is 5.32 Å². The van der Waals surface area contributed by atoms with Crippen LogP contribution in [0.15, 0.2) is 42.5 Å². The minimum Gasteiger partial charge on any atom is -0.481 e. The number of carbonyl (C=O) groups excluding carboxylic acids is 1. The Hall–Kier alpha value is -2.04. The SMILES string of the molecule is Cc1ccc(CC(CC(=O)O)NC(=O)Cc2ccc(Cl)c(Cl)c2)cc1. The van der Waals surface area contributed by atoms with Crippen molar-refractivity contribution in [2.24, 2.45) is 0 Å². The fourth-order valence-corrected chi connectivity index (χ4v) is 2.83. The molecule has 0 saturated heterocycles. The van der Waals surface area contributed by atoms with E-state index in [0.29, 0.717) is 16.5 Å². The maximum atomic E-state index is 12.3. The number of hydrogen-bond acceptors (Lipinski definition) is 2. The average molecular weight is 380 g/mol. The molecule has 6 heteroatoms. The molecule has 0 aliphatic carbocycles. The lowest BCUT2D eigenvalue weighted by Crippen LogP contribution is -2.39. The van der Waals surface area contributed by atoms with E-state index >= 15 is 0 Å².